The van der Waals surface area contributed by atoms with Gasteiger partial charge in [0.25, 0.3) is 5.91 Å². The molecule has 1 amide bonds. The molecular formula is C15H25N3O3. The molecule has 0 saturated carbocycles. The molecule has 1 aliphatic heterocycles. The summed E-state index contributed by atoms with van der Waals surface area (Å²) in [5, 5.41) is 6.85. The lowest BCUT2D eigenvalue weighted by Gasteiger charge is -2.19. The number of hydrogen-bond acceptors (Lipinski definition) is 5. The third kappa shape index (κ3) is 3.63. The largest absolute Gasteiger partial charge is 0.378 e. The van der Waals surface area contributed by atoms with E-state index < -0.39 is 0 Å². The highest BCUT2D eigenvalue weighted by molar-refractivity contribution is 5.92. The van der Waals surface area contributed by atoms with Gasteiger partial charge in [0.1, 0.15) is 5.76 Å². The lowest BCUT2D eigenvalue weighted by molar-refractivity contribution is 0.0748. The van der Waals surface area contributed by atoms with E-state index in [-0.39, 0.29) is 24.0 Å². The number of hydrogen-bond donors (Lipinski definition) is 1. The van der Waals surface area contributed by atoms with E-state index in [0.29, 0.717) is 11.7 Å². The molecule has 118 valence electrons. The van der Waals surface area contributed by atoms with E-state index in [4.69, 9.17) is 9.26 Å². The molecule has 0 aliphatic carbocycles. The summed E-state index contributed by atoms with van der Waals surface area (Å²) in [6.45, 7) is 9.90. The van der Waals surface area contributed by atoms with Crippen LogP contribution in [0.2, 0.25) is 0 Å². The average molecular weight is 295 g/mol. The molecule has 6 heteroatoms. The van der Waals surface area contributed by atoms with Crippen molar-refractivity contribution in [2.45, 2.75) is 51.8 Å². The van der Waals surface area contributed by atoms with E-state index in [0.717, 1.165) is 18.8 Å². The van der Waals surface area contributed by atoms with E-state index in [9.17, 15) is 4.79 Å². The van der Waals surface area contributed by atoms with E-state index in [2.05, 4.69) is 29.2 Å². The van der Waals surface area contributed by atoms with Crippen LogP contribution in [-0.2, 0) is 4.74 Å². The van der Waals surface area contributed by atoms with Gasteiger partial charge in [-0.15, -0.1) is 0 Å². The monoisotopic (exact) mass is 295 g/mol. The molecule has 2 rings (SSSR count). The van der Waals surface area contributed by atoms with Crippen LogP contribution in [0.4, 0.5) is 0 Å². The minimum Gasteiger partial charge on any atom is -0.378 e. The molecule has 1 aliphatic rings. The Morgan fingerprint density at radius 3 is 2.67 bits per heavy atom. The van der Waals surface area contributed by atoms with Crippen molar-refractivity contribution < 1.29 is 14.1 Å². The van der Waals surface area contributed by atoms with Crippen molar-refractivity contribution >= 4 is 5.91 Å². The molecule has 1 saturated heterocycles. The van der Waals surface area contributed by atoms with Gasteiger partial charge in [0, 0.05) is 38.2 Å². The number of methoxy groups -OCH3 is 1. The summed E-state index contributed by atoms with van der Waals surface area (Å²) in [5.41, 5.74) is 0.330. The van der Waals surface area contributed by atoms with Gasteiger partial charge in [-0.2, -0.15) is 0 Å². The first-order valence-corrected chi connectivity index (χ1v) is 7.46. The number of likely N-dealkylation sites (tertiary alicyclic amines) is 1. The molecule has 21 heavy (non-hydrogen) atoms. The first-order chi connectivity index (χ1) is 9.92. The molecule has 1 fully saturated rings. The fourth-order valence-corrected chi connectivity index (χ4v) is 2.51. The summed E-state index contributed by atoms with van der Waals surface area (Å²) < 4.78 is 10.7. The van der Waals surface area contributed by atoms with Crippen LogP contribution in [-0.4, -0.2) is 54.4 Å². The van der Waals surface area contributed by atoms with Gasteiger partial charge in [0.05, 0.1) is 12.1 Å². The SMILES string of the molecule is CO[C@H]1CN(C(C)C)C[C@@H]1NC(=O)c1cc(C(C)C)on1. The van der Waals surface area contributed by atoms with Crippen molar-refractivity contribution in [3.05, 3.63) is 17.5 Å². The van der Waals surface area contributed by atoms with Gasteiger partial charge >= 0.3 is 0 Å². The van der Waals surface area contributed by atoms with Crippen LogP contribution in [0.5, 0.6) is 0 Å². The summed E-state index contributed by atoms with van der Waals surface area (Å²) in [6.07, 6.45) is 0.00724. The number of carbonyl (C=O) groups is 1. The Bertz CT molecular complexity index is 484. The zero-order valence-corrected chi connectivity index (χ0v) is 13.4. The maximum atomic E-state index is 12.3. The number of aromatic nitrogens is 1. The minimum absolute atomic E-state index is 0.00724. The number of amides is 1. The summed E-state index contributed by atoms with van der Waals surface area (Å²) in [6, 6.07) is 2.12. The molecule has 1 aromatic heterocycles. The lowest BCUT2D eigenvalue weighted by atomic mass is 10.1. The number of carbonyl (C=O) groups excluding carboxylic acids is 1. The normalized spacial score (nSPS) is 23.2. The molecular weight excluding hydrogens is 270 g/mol. The molecule has 2 heterocycles. The topological polar surface area (TPSA) is 67.6 Å². The highest BCUT2D eigenvalue weighted by Gasteiger charge is 2.35. The summed E-state index contributed by atoms with van der Waals surface area (Å²) in [7, 11) is 1.68. The van der Waals surface area contributed by atoms with Crippen LogP contribution in [0.25, 0.3) is 0 Å². The average Bonchev–Trinajstić information content (AvgIpc) is 3.05. The Kier molecular flexibility index (Phi) is 5.00. The van der Waals surface area contributed by atoms with Crippen LogP contribution in [0.1, 0.15) is 49.9 Å². The van der Waals surface area contributed by atoms with Gasteiger partial charge in [0.2, 0.25) is 0 Å². The molecule has 1 N–H and O–H groups in total. The van der Waals surface area contributed by atoms with Crippen LogP contribution in [0.15, 0.2) is 10.6 Å². The molecule has 1 aromatic rings. The Morgan fingerprint density at radius 2 is 2.14 bits per heavy atom. The summed E-state index contributed by atoms with van der Waals surface area (Å²) >= 11 is 0. The van der Waals surface area contributed by atoms with Crippen LogP contribution >= 0.6 is 0 Å². The van der Waals surface area contributed by atoms with Crippen molar-refractivity contribution in [1.82, 2.24) is 15.4 Å². The Labute approximate surface area is 125 Å². The van der Waals surface area contributed by atoms with Crippen LogP contribution in [0, 0.1) is 0 Å². The van der Waals surface area contributed by atoms with Gasteiger partial charge in [-0.1, -0.05) is 19.0 Å². The molecule has 2 atom stereocenters. The highest BCUT2D eigenvalue weighted by atomic mass is 16.5. The molecule has 0 radical (unpaired) electrons. The fraction of sp³-hybridized carbons (Fsp3) is 0.733. The lowest BCUT2D eigenvalue weighted by Crippen LogP contribution is -2.43. The zero-order chi connectivity index (χ0) is 15.6. The van der Waals surface area contributed by atoms with Crippen molar-refractivity contribution in [3.63, 3.8) is 0 Å². The standard InChI is InChI=1S/C15H25N3O3/c1-9(2)13-6-11(17-21-13)15(19)16-12-7-18(10(3)4)8-14(12)20-5/h6,9-10,12,14H,7-8H2,1-5H3,(H,16,19)/t12-,14-/m0/s1. The highest BCUT2D eigenvalue weighted by Crippen LogP contribution is 2.18. The van der Waals surface area contributed by atoms with Crippen molar-refractivity contribution in [2.24, 2.45) is 0 Å². The van der Waals surface area contributed by atoms with E-state index in [1.165, 1.54) is 0 Å². The van der Waals surface area contributed by atoms with E-state index in [1.54, 1.807) is 13.2 Å². The fourth-order valence-electron chi connectivity index (χ4n) is 2.51. The van der Waals surface area contributed by atoms with Gasteiger partial charge in [-0.05, 0) is 13.8 Å². The molecule has 0 bridgehead atoms. The Balaban J connectivity index is 2.00. The van der Waals surface area contributed by atoms with Gasteiger partial charge in [-0.25, -0.2) is 0 Å². The molecule has 6 nitrogen and oxygen atoms in total. The van der Waals surface area contributed by atoms with E-state index in [1.807, 2.05) is 13.8 Å². The van der Waals surface area contributed by atoms with Gasteiger partial charge in [0.15, 0.2) is 5.69 Å². The van der Waals surface area contributed by atoms with Crippen molar-refractivity contribution in [1.29, 1.82) is 0 Å². The van der Waals surface area contributed by atoms with Crippen molar-refractivity contribution in [2.75, 3.05) is 20.2 Å². The predicted octanol–water partition coefficient (Wildman–Crippen LogP) is 1.64. The van der Waals surface area contributed by atoms with Crippen LogP contribution < -0.4 is 5.32 Å². The molecule has 0 unspecified atom stereocenters. The third-order valence-corrected chi connectivity index (χ3v) is 3.97. The second kappa shape index (κ2) is 6.58. The first-order valence-electron chi connectivity index (χ1n) is 7.46. The Hall–Kier alpha value is -1.40. The van der Waals surface area contributed by atoms with Gasteiger partial charge in [-0.3, -0.25) is 9.69 Å². The number of rotatable bonds is 5. The molecule has 0 aromatic carbocycles. The predicted molar refractivity (Wildman–Crippen MR) is 79.4 cm³/mol. The maximum Gasteiger partial charge on any atom is 0.273 e. The Morgan fingerprint density at radius 1 is 1.43 bits per heavy atom. The number of nitrogens with zero attached hydrogens (tertiary/aromatic N) is 2. The van der Waals surface area contributed by atoms with E-state index >= 15 is 0 Å². The molecule has 0 spiro atoms. The quantitative estimate of drug-likeness (QED) is 0.894. The smallest absolute Gasteiger partial charge is 0.273 e. The number of nitrogens with one attached hydrogen (secondary N) is 1. The zero-order valence-electron chi connectivity index (χ0n) is 13.4. The van der Waals surface area contributed by atoms with Crippen molar-refractivity contribution in [3.8, 4) is 0 Å². The second-order valence-corrected chi connectivity index (χ2v) is 6.17. The number of ether oxygens (including phenoxy) is 1. The summed E-state index contributed by atoms with van der Waals surface area (Å²) in [5.74, 6) is 0.732. The van der Waals surface area contributed by atoms with Gasteiger partial charge < -0.3 is 14.6 Å². The maximum absolute atomic E-state index is 12.3. The second-order valence-electron chi connectivity index (χ2n) is 6.17. The first kappa shape index (κ1) is 16.0. The van der Waals surface area contributed by atoms with Crippen LogP contribution in [0.3, 0.4) is 0 Å². The third-order valence-electron chi connectivity index (χ3n) is 3.97. The summed E-state index contributed by atoms with van der Waals surface area (Å²) in [4.78, 5) is 14.6. The minimum atomic E-state index is -0.205.